The van der Waals surface area contributed by atoms with Crippen molar-refractivity contribution in [3.8, 4) is 0 Å². The molecule has 3 aliphatic heterocycles. The zero-order chi connectivity index (χ0) is 27.9. The first-order valence-electron chi connectivity index (χ1n) is 11.2. The first-order valence-corrected chi connectivity index (χ1v) is 11.2. The predicted molar refractivity (Wildman–Crippen MR) is 117 cm³/mol. The Balaban J connectivity index is 0.000000255. The van der Waals surface area contributed by atoms with E-state index in [0.717, 1.165) is 9.80 Å². The van der Waals surface area contributed by atoms with Crippen molar-refractivity contribution in [1.29, 1.82) is 0 Å². The van der Waals surface area contributed by atoms with E-state index < -0.39 is 78.7 Å². The van der Waals surface area contributed by atoms with Crippen molar-refractivity contribution in [2.24, 2.45) is 5.73 Å². The summed E-state index contributed by atoms with van der Waals surface area (Å²) in [5, 5.41) is 11.5. The maximum atomic E-state index is 13.8. The van der Waals surface area contributed by atoms with Gasteiger partial charge in [-0.05, 0) is 41.5 Å². The van der Waals surface area contributed by atoms with E-state index in [9.17, 15) is 37.1 Å². The van der Waals surface area contributed by atoms with E-state index in [-0.39, 0.29) is 13.1 Å². The number of nitrogens with two attached hydrogens (primary N) is 1. The summed E-state index contributed by atoms with van der Waals surface area (Å²) in [6.45, 7) is 7.97. The Morgan fingerprint density at radius 1 is 0.972 bits per heavy atom. The Morgan fingerprint density at radius 3 is 1.86 bits per heavy atom. The number of fused-ring (bicyclic) bond motifs is 1. The molecule has 0 radical (unpaired) electrons. The minimum atomic E-state index is -3.41. The van der Waals surface area contributed by atoms with Gasteiger partial charge in [0, 0.05) is 13.1 Å². The van der Waals surface area contributed by atoms with Crippen molar-refractivity contribution in [3.63, 3.8) is 0 Å². The summed E-state index contributed by atoms with van der Waals surface area (Å²) in [5.74, 6) is -6.70. The molecule has 3 heterocycles. The van der Waals surface area contributed by atoms with Crippen LogP contribution in [0.4, 0.5) is 31.9 Å². The molecule has 3 saturated heterocycles. The SMILES string of the molecule is CC(C)(C)OC(=O)N1CC2NC(=O)OC2C(F)(F)C1.CC(C)(C)OC(=O)N1C[C@@H](N)[C@@H](O)C(F)(F)C1. The minimum Gasteiger partial charge on any atom is -0.444 e. The number of hydrogen-bond acceptors (Lipinski definition) is 8. The number of piperidine rings is 2. The molecule has 0 aromatic carbocycles. The number of alkyl carbamates (subject to hydrolysis) is 1. The number of halogens is 4. The Labute approximate surface area is 206 Å². The van der Waals surface area contributed by atoms with Crippen LogP contribution in [0.15, 0.2) is 0 Å². The van der Waals surface area contributed by atoms with Crippen LogP contribution in [0.1, 0.15) is 41.5 Å². The summed E-state index contributed by atoms with van der Waals surface area (Å²) in [6.07, 6.45) is -6.02. The van der Waals surface area contributed by atoms with Gasteiger partial charge in [0.25, 0.3) is 5.92 Å². The maximum Gasteiger partial charge on any atom is 0.410 e. The van der Waals surface area contributed by atoms with Crippen LogP contribution in [0.3, 0.4) is 0 Å². The quantitative estimate of drug-likeness (QED) is 0.318. The Hall–Kier alpha value is -2.55. The van der Waals surface area contributed by atoms with Crippen LogP contribution in [0, 0.1) is 0 Å². The standard InChI is InChI=1S/C11H16F2N2O4.C10H18F2N2O3/c1-10(2,3)19-9(17)15-4-6-7(11(12,13)5-15)18-8(16)14-6;1-9(2,3)17-8(16)14-4-6(13)7(15)10(11,12)5-14/h6-7H,4-5H2,1-3H3,(H,14,16);6-7,15H,4-5,13H2,1-3H3/t;6-,7-/m.1/s1. The van der Waals surface area contributed by atoms with Crippen molar-refractivity contribution in [3.05, 3.63) is 0 Å². The van der Waals surface area contributed by atoms with Gasteiger partial charge in [-0.3, -0.25) is 4.90 Å². The number of ether oxygens (including phenoxy) is 3. The zero-order valence-corrected chi connectivity index (χ0v) is 21.0. The normalized spacial score (nSPS) is 29.2. The van der Waals surface area contributed by atoms with Gasteiger partial charge in [-0.15, -0.1) is 0 Å². The van der Waals surface area contributed by atoms with Gasteiger partial charge in [0.1, 0.15) is 17.3 Å². The van der Waals surface area contributed by atoms with Gasteiger partial charge >= 0.3 is 24.2 Å². The molecule has 0 aliphatic carbocycles. The molecule has 4 N–H and O–H groups in total. The van der Waals surface area contributed by atoms with Gasteiger partial charge in [0.15, 0.2) is 6.10 Å². The number of hydrogen-bond donors (Lipinski definition) is 3. The fourth-order valence-electron chi connectivity index (χ4n) is 3.64. The summed E-state index contributed by atoms with van der Waals surface area (Å²) >= 11 is 0. The van der Waals surface area contributed by atoms with Crippen LogP contribution < -0.4 is 11.1 Å². The first-order chi connectivity index (χ1) is 16.1. The number of amides is 3. The number of alkyl halides is 4. The lowest BCUT2D eigenvalue weighted by molar-refractivity contribution is -0.154. The fourth-order valence-corrected chi connectivity index (χ4v) is 3.64. The van der Waals surface area contributed by atoms with Gasteiger partial charge in [0.2, 0.25) is 0 Å². The second kappa shape index (κ2) is 10.1. The van der Waals surface area contributed by atoms with E-state index in [1.54, 1.807) is 41.5 Å². The molecule has 208 valence electrons. The van der Waals surface area contributed by atoms with Crippen LogP contribution in [0.2, 0.25) is 0 Å². The summed E-state index contributed by atoms with van der Waals surface area (Å²) < 4.78 is 68.8. The second-order valence-electron chi connectivity index (χ2n) is 10.9. The van der Waals surface area contributed by atoms with Gasteiger partial charge in [0.05, 0.1) is 25.2 Å². The molecule has 3 rings (SSSR count). The van der Waals surface area contributed by atoms with Gasteiger partial charge in [-0.25, -0.2) is 31.9 Å². The number of likely N-dealkylation sites (tertiary alicyclic amines) is 2. The highest BCUT2D eigenvalue weighted by Crippen LogP contribution is 2.33. The van der Waals surface area contributed by atoms with E-state index in [0.29, 0.717) is 0 Å². The van der Waals surface area contributed by atoms with E-state index in [2.05, 4.69) is 10.1 Å². The molecule has 3 aliphatic rings. The van der Waals surface area contributed by atoms with Gasteiger partial charge in [-0.1, -0.05) is 0 Å². The third kappa shape index (κ3) is 7.72. The smallest absolute Gasteiger partial charge is 0.410 e. The monoisotopic (exact) mass is 530 g/mol. The largest absolute Gasteiger partial charge is 0.444 e. The molecule has 15 heteroatoms. The fraction of sp³-hybridized carbons (Fsp3) is 0.857. The number of aliphatic hydroxyl groups is 1. The molecule has 0 aromatic rings. The summed E-state index contributed by atoms with van der Waals surface area (Å²) in [6, 6.07) is -2.09. The van der Waals surface area contributed by atoms with Crippen molar-refractivity contribution >= 4 is 18.3 Å². The third-order valence-electron chi connectivity index (χ3n) is 5.11. The molecule has 3 fully saturated rings. The number of aliphatic hydroxyl groups excluding tert-OH is 1. The molecule has 0 spiro atoms. The average molecular weight is 531 g/mol. The Morgan fingerprint density at radius 2 is 1.42 bits per heavy atom. The lowest BCUT2D eigenvalue weighted by atomic mass is 10.00. The van der Waals surface area contributed by atoms with Crippen molar-refractivity contribution in [2.75, 3.05) is 26.2 Å². The highest BCUT2D eigenvalue weighted by atomic mass is 19.3. The molecule has 4 atom stereocenters. The van der Waals surface area contributed by atoms with Crippen LogP contribution in [0.5, 0.6) is 0 Å². The lowest BCUT2D eigenvalue weighted by Gasteiger charge is -2.39. The average Bonchev–Trinajstić information content (AvgIpc) is 3.04. The number of nitrogens with one attached hydrogen (secondary N) is 1. The topological polar surface area (TPSA) is 144 Å². The van der Waals surface area contributed by atoms with E-state index in [1.165, 1.54) is 0 Å². The Bertz CT molecular complexity index is 847. The highest BCUT2D eigenvalue weighted by Gasteiger charge is 2.57. The number of rotatable bonds is 0. The summed E-state index contributed by atoms with van der Waals surface area (Å²) in [4.78, 5) is 36.1. The molecule has 36 heavy (non-hydrogen) atoms. The molecular formula is C21H34F4N4O7. The predicted octanol–water partition coefficient (Wildman–Crippen LogP) is 1.91. The van der Waals surface area contributed by atoms with Gasteiger partial charge in [-0.2, -0.15) is 0 Å². The van der Waals surface area contributed by atoms with E-state index >= 15 is 0 Å². The molecule has 3 amide bonds. The van der Waals surface area contributed by atoms with Crippen LogP contribution >= 0.6 is 0 Å². The first kappa shape index (κ1) is 29.7. The van der Waals surface area contributed by atoms with Crippen molar-refractivity contribution < 1.29 is 51.3 Å². The molecule has 11 nitrogen and oxygen atoms in total. The molecule has 2 unspecified atom stereocenters. The van der Waals surface area contributed by atoms with Crippen LogP contribution in [0.25, 0.3) is 0 Å². The second-order valence-corrected chi connectivity index (χ2v) is 10.9. The lowest BCUT2D eigenvalue weighted by Crippen LogP contribution is -2.63. The van der Waals surface area contributed by atoms with Crippen LogP contribution in [-0.4, -0.2) is 107 Å². The number of carbonyl (C=O) groups excluding carboxylic acids is 3. The van der Waals surface area contributed by atoms with Crippen molar-refractivity contribution in [2.45, 2.75) is 88.9 Å². The van der Waals surface area contributed by atoms with Gasteiger partial charge < -0.3 is 35.3 Å². The van der Waals surface area contributed by atoms with E-state index in [1.807, 2.05) is 0 Å². The van der Waals surface area contributed by atoms with E-state index in [4.69, 9.17) is 15.2 Å². The summed E-state index contributed by atoms with van der Waals surface area (Å²) in [5.41, 5.74) is 3.84. The maximum absolute atomic E-state index is 13.8. The molecule has 0 saturated carbocycles. The highest BCUT2D eigenvalue weighted by molar-refractivity contribution is 5.72. The molecule has 0 bridgehead atoms. The summed E-state index contributed by atoms with van der Waals surface area (Å²) in [7, 11) is 0. The van der Waals surface area contributed by atoms with Crippen LogP contribution in [-0.2, 0) is 14.2 Å². The van der Waals surface area contributed by atoms with Crippen molar-refractivity contribution in [1.82, 2.24) is 15.1 Å². The minimum absolute atomic E-state index is 0.0547. The number of carbonyl (C=O) groups is 3. The zero-order valence-electron chi connectivity index (χ0n) is 21.0. The number of nitrogens with zero attached hydrogens (tertiary/aromatic N) is 2. The third-order valence-corrected chi connectivity index (χ3v) is 5.11. The molecule has 0 aromatic heterocycles. The Kier molecular flexibility index (Phi) is 8.30. The molecular weight excluding hydrogens is 496 g/mol.